The van der Waals surface area contributed by atoms with E-state index >= 15 is 4.39 Å². The van der Waals surface area contributed by atoms with E-state index in [2.05, 4.69) is 5.10 Å². The van der Waals surface area contributed by atoms with Crippen LogP contribution in [0.25, 0.3) is 0 Å². The molecule has 2 rings (SSSR count). The Bertz CT molecular complexity index is 556. The second kappa shape index (κ2) is 6.05. The van der Waals surface area contributed by atoms with Crippen LogP contribution in [0.2, 0.25) is 0 Å². The van der Waals surface area contributed by atoms with Gasteiger partial charge in [0.1, 0.15) is 5.69 Å². The van der Waals surface area contributed by atoms with Gasteiger partial charge in [-0.25, -0.2) is 4.39 Å². The Balaban J connectivity index is 2.58. The lowest BCUT2D eigenvalue weighted by atomic mass is 9.91. The van der Waals surface area contributed by atoms with Crippen molar-refractivity contribution in [2.45, 2.75) is 25.6 Å². The van der Waals surface area contributed by atoms with Crippen LogP contribution in [-0.4, -0.2) is 23.4 Å². The van der Waals surface area contributed by atoms with Crippen molar-refractivity contribution in [2.24, 2.45) is 5.73 Å². The average Bonchev–Trinajstić information content (AvgIpc) is 2.91. The molecule has 0 bridgehead atoms. The SMILES string of the molecule is CCCn1ncc(OC)c1C(F)(CN)c1ccccc1. The molecule has 1 heterocycles. The number of aromatic nitrogens is 2. The van der Waals surface area contributed by atoms with Gasteiger partial charge in [0, 0.05) is 13.1 Å². The molecule has 1 aromatic heterocycles. The standard InChI is InChI=1S/C15H20FN3O/c1-3-9-19-14(13(20-2)10-18-19)15(16,11-17)12-7-5-4-6-8-12/h4-8,10H,3,9,11,17H2,1-2H3. The van der Waals surface area contributed by atoms with E-state index in [0.717, 1.165) is 6.42 Å². The highest BCUT2D eigenvalue weighted by atomic mass is 19.1. The molecule has 0 fully saturated rings. The normalized spacial score (nSPS) is 14.0. The number of hydrogen-bond acceptors (Lipinski definition) is 3. The monoisotopic (exact) mass is 277 g/mol. The number of hydrogen-bond donors (Lipinski definition) is 1. The van der Waals surface area contributed by atoms with Crippen molar-refractivity contribution in [1.29, 1.82) is 0 Å². The minimum atomic E-state index is -1.81. The minimum Gasteiger partial charge on any atom is -0.493 e. The summed E-state index contributed by atoms with van der Waals surface area (Å²) in [5, 5.41) is 4.21. The van der Waals surface area contributed by atoms with Gasteiger partial charge in [-0.05, 0) is 12.0 Å². The summed E-state index contributed by atoms with van der Waals surface area (Å²) < 4.78 is 22.5. The van der Waals surface area contributed by atoms with Crippen LogP contribution in [0.5, 0.6) is 5.75 Å². The van der Waals surface area contributed by atoms with Crippen LogP contribution in [-0.2, 0) is 12.2 Å². The van der Waals surface area contributed by atoms with E-state index in [1.807, 2.05) is 13.0 Å². The molecule has 0 saturated carbocycles. The van der Waals surface area contributed by atoms with E-state index in [0.29, 0.717) is 23.6 Å². The third-order valence-corrected chi connectivity index (χ3v) is 3.35. The first kappa shape index (κ1) is 14.5. The van der Waals surface area contributed by atoms with E-state index < -0.39 is 5.67 Å². The first-order chi connectivity index (χ1) is 9.67. The molecule has 0 aliphatic carbocycles. The average molecular weight is 277 g/mol. The molecule has 108 valence electrons. The lowest BCUT2D eigenvalue weighted by Gasteiger charge is -2.26. The Hall–Kier alpha value is -1.88. The summed E-state index contributed by atoms with van der Waals surface area (Å²) in [6.07, 6.45) is 2.39. The van der Waals surface area contributed by atoms with Crippen LogP contribution >= 0.6 is 0 Å². The Labute approximate surface area is 118 Å². The number of ether oxygens (including phenoxy) is 1. The summed E-state index contributed by atoms with van der Waals surface area (Å²) in [4.78, 5) is 0. The number of benzene rings is 1. The maximum Gasteiger partial charge on any atom is 0.193 e. The third kappa shape index (κ3) is 2.41. The van der Waals surface area contributed by atoms with E-state index in [9.17, 15) is 0 Å². The molecule has 1 aromatic carbocycles. The van der Waals surface area contributed by atoms with Gasteiger partial charge in [0.15, 0.2) is 11.4 Å². The minimum absolute atomic E-state index is 0.164. The van der Waals surface area contributed by atoms with E-state index in [1.165, 1.54) is 13.3 Å². The summed E-state index contributed by atoms with van der Waals surface area (Å²) in [5.41, 5.74) is 4.84. The van der Waals surface area contributed by atoms with Crippen molar-refractivity contribution in [3.63, 3.8) is 0 Å². The largest absolute Gasteiger partial charge is 0.493 e. The molecule has 5 heteroatoms. The number of aryl methyl sites for hydroxylation is 1. The molecule has 0 saturated heterocycles. The molecular formula is C15H20FN3O. The molecule has 0 radical (unpaired) electrons. The maximum absolute atomic E-state index is 15.6. The first-order valence-corrected chi connectivity index (χ1v) is 6.72. The summed E-state index contributed by atoms with van der Waals surface area (Å²) in [7, 11) is 1.51. The molecule has 2 N–H and O–H groups in total. The number of halogens is 1. The van der Waals surface area contributed by atoms with Gasteiger partial charge < -0.3 is 10.5 Å². The number of nitrogens with zero attached hydrogens (tertiary/aromatic N) is 2. The van der Waals surface area contributed by atoms with Gasteiger partial charge >= 0.3 is 0 Å². The third-order valence-electron chi connectivity index (χ3n) is 3.35. The van der Waals surface area contributed by atoms with Crippen molar-refractivity contribution >= 4 is 0 Å². The van der Waals surface area contributed by atoms with E-state index in [1.54, 1.807) is 28.9 Å². The van der Waals surface area contributed by atoms with Crippen LogP contribution in [0.15, 0.2) is 36.5 Å². The molecule has 0 aliphatic heterocycles. The summed E-state index contributed by atoms with van der Waals surface area (Å²) >= 11 is 0. The first-order valence-electron chi connectivity index (χ1n) is 6.72. The summed E-state index contributed by atoms with van der Waals surface area (Å²) in [6, 6.07) is 8.91. The van der Waals surface area contributed by atoms with Crippen molar-refractivity contribution in [3.8, 4) is 5.75 Å². The van der Waals surface area contributed by atoms with Gasteiger partial charge in [-0.1, -0.05) is 37.3 Å². The van der Waals surface area contributed by atoms with Crippen molar-refractivity contribution in [3.05, 3.63) is 47.8 Å². The van der Waals surface area contributed by atoms with Gasteiger partial charge in [-0.15, -0.1) is 0 Å². The fraction of sp³-hybridized carbons (Fsp3) is 0.400. The van der Waals surface area contributed by atoms with Crippen molar-refractivity contribution in [2.75, 3.05) is 13.7 Å². The van der Waals surface area contributed by atoms with Crippen molar-refractivity contribution < 1.29 is 9.13 Å². The zero-order chi connectivity index (χ0) is 14.6. The van der Waals surface area contributed by atoms with Gasteiger partial charge in [0.05, 0.1) is 13.3 Å². The summed E-state index contributed by atoms with van der Waals surface area (Å²) in [6.45, 7) is 2.47. The number of alkyl halides is 1. The van der Waals surface area contributed by atoms with Crippen LogP contribution < -0.4 is 10.5 Å². The van der Waals surface area contributed by atoms with Crippen molar-refractivity contribution in [1.82, 2.24) is 9.78 Å². The Morgan fingerprint density at radius 2 is 2.05 bits per heavy atom. The highest BCUT2D eigenvalue weighted by Gasteiger charge is 2.39. The van der Waals surface area contributed by atoms with Gasteiger partial charge in [-0.3, -0.25) is 4.68 Å². The highest BCUT2D eigenvalue weighted by molar-refractivity contribution is 5.40. The molecule has 0 spiro atoms. The fourth-order valence-electron chi connectivity index (χ4n) is 2.35. The quantitative estimate of drug-likeness (QED) is 0.882. The molecule has 20 heavy (non-hydrogen) atoms. The maximum atomic E-state index is 15.6. The molecule has 4 nitrogen and oxygen atoms in total. The highest BCUT2D eigenvalue weighted by Crippen LogP contribution is 2.38. The second-order valence-electron chi connectivity index (χ2n) is 4.66. The summed E-state index contributed by atoms with van der Waals surface area (Å²) in [5.74, 6) is 0.426. The van der Waals surface area contributed by atoms with Crippen LogP contribution in [0.4, 0.5) is 4.39 Å². The zero-order valence-electron chi connectivity index (χ0n) is 11.8. The molecule has 2 aromatic rings. The fourth-order valence-corrected chi connectivity index (χ4v) is 2.35. The molecule has 1 unspecified atom stereocenters. The number of methoxy groups -OCH3 is 1. The molecule has 1 atom stereocenters. The molecule has 0 amide bonds. The van der Waals surface area contributed by atoms with Crippen LogP contribution in [0.1, 0.15) is 24.6 Å². The number of nitrogens with two attached hydrogens (primary N) is 1. The predicted molar refractivity (Wildman–Crippen MR) is 76.5 cm³/mol. The van der Waals surface area contributed by atoms with E-state index in [4.69, 9.17) is 10.5 Å². The zero-order valence-corrected chi connectivity index (χ0v) is 11.8. The second-order valence-corrected chi connectivity index (χ2v) is 4.66. The van der Waals surface area contributed by atoms with Gasteiger partial charge in [0.25, 0.3) is 0 Å². The van der Waals surface area contributed by atoms with Crippen LogP contribution in [0.3, 0.4) is 0 Å². The van der Waals surface area contributed by atoms with Gasteiger partial charge in [-0.2, -0.15) is 5.10 Å². The lowest BCUT2D eigenvalue weighted by Crippen LogP contribution is -2.34. The van der Waals surface area contributed by atoms with Gasteiger partial charge in [0.2, 0.25) is 0 Å². The number of rotatable bonds is 6. The van der Waals surface area contributed by atoms with E-state index in [-0.39, 0.29) is 6.54 Å². The Morgan fingerprint density at radius 1 is 1.35 bits per heavy atom. The van der Waals surface area contributed by atoms with Crippen LogP contribution in [0, 0.1) is 0 Å². The Kier molecular flexibility index (Phi) is 4.39. The molecular weight excluding hydrogens is 257 g/mol. The topological polar surface area (TPSA) is 53.1 Å². The Morgan fingerprint density at radius 3 is 2.60 bits per heavy atom. The smallest absolute Gasteiger partial charge is 0.193 e. The molecule has 0 aliphatic rings. The predicted octanol–water partition coefficient (Wildman–Crippen LogP) is 2.47. The lowest BCUT2D eigenvalue weighted by molar-refractivity contribution is 0.206.